The fourth-order valence-corrected chi connectivity index (χ4v) is 3.56. The zero-order valence-electron chi connectivity index (χ0n) is 15.1. The van der Waals surface area contributed by atoms with Crippen LogP contribution in [0.25, 0.3) is 11.1 Å². The summed E-state index contributed by atoms with van der Waals surface area (Å²) in [4.78, 5) is 23.4. The standard InChI is InChI=1S/C21H24N2O4/c22-12-6-5-11-19(20(24)25)23-21(26)27-13-18-16-9-3-1-7-14(16)15-8-2-4-10-17(15)18/h1-4,7-10,18-19H,5-6,11-13,22H2,(H,23,26)(H,24,25)/t19-/m1/s1. The number of hydrogen-bond acceptors (Lipinski definition) is 4. The highest BCUT2D eigenvalue weighted by Crippen LogP contribution is 2.44. The Morgan fingerprint density at radius 3 is 2.19 bits per heavy atom. The van der Waals surface area contributed by atoms with E-state index < -0.39 is 18.1 Å². The van der Waals surface area contributed by atoms with Crippen LogP contribution in [0, 0.1) is 0 Å². The van der Waals surface area contributed by atoms with Crippen molar-refractivity contribution in [2.75, 3.05) is 13.2 Å². The topological polar surface area (TPSA) is 106 Å². The van der Waals surface area contributed by atoms with E-state index in [0.29, 0.717) is 12.8 Å². The number of fused-ring (bicyclic) bond motifs is 3. The molecule has 2 aromatic carbocycles. The minimum atomic E-state index is -1.30. The number of benzene rings is 2. The number of rotatable bonds is 8. The Bertz CT molecular complexity index is 776. The predicted octanol–water partition coefficient (Wildman–Crippen LogP) is 1.06. The number of aliphatic carboxylic acids is 1. The number of carbonyl (C=O) groups is 2. The van der Waals surface area contributed by atoms with Crippen molar-refractivity contribution in [3.63, 3.8) is 0 Å². The van der Waals surface area contributed by atoms with Crippen LogP contribution in [0.1, 0.15) is 36.3 Å². The summed E-state index contributed by atoms with van der Waals surface area (Å²) in [6, 6.07) is 15.0. The molecule has 0 unspecified atom stereocenters. The third-order valence-electron chi connectivity index (χ3n) is 4.91. The van der Waals surface area contributed by atoms with Crippen LogP contribution in [0.15, 0.2) is 48.5 Å². The molecule has 1 amide bonds. The summed E-state index contributed by atoms with van der Waals surface area (Å²) in [6.45, 7) is 0.878. The van der Waals surface area contributed by atoms with E-state index in [1.165, 1.54) is 0 Å². The van der Waals surface area contributed by atoms with Gasteiger partial charge in [-0.05, 0) is 41.5 Å². The monoisotopic (exact) mass is 368 g/mol. The summed E-state index contributed by atoms with van der Waals surface area (Å²) in [5.41, 5.74) is 8.23. The lowest BCUT2D eigenvalue weighted by Gasteiger charge is -2.20. The summed E-state index contributed by atoms with van der Waals surface area (Å²) >= 11 is 0. The van der Waals surface area contributed by atoms with Crippen LogP contribution in [-0.4, -0.2) is 31.3 Å². The number of carboxylic acids is 1. The number of nitrogens with one attached hydrogen (secondary N) is 1. The third-order valence-corrected chi connectivity index (χ3v) is 4.91. The first kappa shape index (κ1) is 18.9. The highest BCUT2D eigenvalue weighted by molar-refractivity contribution is 5.80. The van der Waals surface area contributed by atoms with Crippen LogP contribution in [0.2, 0.25) is 0 Å². The minimum Gasteiger partial charge on any atom is -0.548 e. The summed E-state index contributed by atoms with van der Waals surface area (Å²) in [5.74, 6) is -1.36. The molecule has 1 atom stereocenters. The van der Waals surface area contributed by atoms with Gasteiger partial charge in [-0.3, -0.25) is 0 Å². The molecule has 0 aromatic heterocycles. The molecule has 0 radical (unpaired) electrons. The lowest BCUT2D eigenvalue weighted by Crippen LogP contribution is -2.51. The molecule has 142 valence electrons. The number of amides is 1. The van der Waals surface area contributed by atoms with E-state index in [1.54, 1.807) is 0 Å². The molecule has 27 heavy (non-hydrogen) atoms. The molecule has 6 heteroatoms. The highest BCUT2D eigenvalue weighted by Gasteiger charge is 2.29. The van der Waals surface area contributed by atoms with E-state index in [-0.39, 0.29) is 12.5 Å². The van der Waals surface area contributed by atoms with Crippen LogP contribution in [0.5, 0.6) is 0 Å². The Hall–Kier alpha value is -2.86. The molecule has 3 rings (SSSR count). The van der Waals surface area contributed by atoms with Crippen LogP contribution < -0.4 is 16.2 Å². The van der Waals surface area contributed by atoms with Gasteiger partial charge in [0.25, 0.3) is 0 Å². The van der Waals surface area contributed by atoms with E-state index >= 15 is 0 Å². The average molecular weight is 368 g/mol. The van der Waals surface area contributed by atoms with Gasteiger partial charge in [-0.1, -0.05) is 48.5 Å². The zero-order valence-corrected chi connectivity index (χ0v) is 15.1. The van der Waals surface area contributed by atoms with Crippen LogP contribution in [0.4, 0.5) is 4.79 Å². The van der Waals surface area contributed by atoms with Crippen molar-refractivity contribution in [3.8, 4) is 11.1 Å². The van der Waals surface area contributed by atoms with Gasteiger partial charge in [0.2, 0.25) is 0 Å². The van der Waals surface area contributed by atoms with E-state index in [1.807, 2.05) is 36.4 Å². The Kier molecular flexibility index (Phi) is 6.08. The number of hydrogen-bond donors (Lipinski definition) is 2. The summed E-state index contributed by atoms with van der Waals surface area (Å²) in [6.07, 6.45) is 1.03. The average Bonchev–Trinajstić information content (AvgIpc) is 2.99. The SMILES string of the molecule is [NH3+]CCCC[C@@H](NC(=O)OCC1c2ccccc2-c2ccccc21)C(=O)[O-]. The molecular formula is C21H24N2O4. The normalized spacial score (nSPS) is 13.5. The quantitative estimate of drug-likeness (QED) is 0.679. The Morgan fingerprint density at radius 1 is 1.04 bits per heavy atom. The molecule has 0 fully saturated rings. The molecule has 2 aromatic rings. The summed E-state index contributed by atoms with van der Waals surface area (Å²) < 4.78 is 5.37. The van der Waals surface area contributed by atoms with Gasteiger partial charge in [0.1, 0.15) is 6.61 Å². The van der Waals surface area contributed by atoms with Crippen LogP contribution >= 0.6 is 0 Å². The largest absolute Gasteiger partial charge is 0.548 e. The molecule has 0 saturated heterocycles. The van der Waals surface area contributed by atoms with E-state index in [9.17, 15) is 14.7 Å². The number of carbonyl (C=O) groups excluding carboxylic acids is 2. The van der Waals surface area contributed by atoms with Gasteiger partial charge in [-0.2, -0.15) is 0 Å². The van der Waals surface area contributed by atoms with Crippen LogP contribution in [-0.2, 0) is 9.53 Å². The van der Waals surface area contributed by atoms with Gasteiger partial charge in [-0.15, -0.1) is 0 Å². The first-order chi connectivity index (χ1) is 13.1. The zero-order chi connectivity index (χ0) is 19.2. The van der Waals surface area contributed by atoms with Gasteiger partial charge in [-0.25, -0.2) is 4.79 Å². The van der Waals surface area contributed by atoms with E-state index in [4.69, 9.17) is 4.74 Å². The molecule has 0 heterocycles. The number of carboxylic acid groups (broad SMARTS) is 1. The van der Waals surface area contributed by atoms with Crippen molar-refractivity contribution in [2.24, 2.45) is 0 Å². The second-order valence-electron chi connectivity index (χ2n) is 6.69. The van der Waals surface area contributed by atoms with Gasteiger partial charge in [0, 0.05) is 5.92 Å². The molecule has 0 bridgehead atoms. The van der Waals surface area contributed by atoms with Crippen molar-refractivity contribution in [1.82, 2.24) is 5.32 Å². The maximum Gasteiger partial charge on any atom is 0.407 e. The molecule has 1 aliphatic rings. The molecule has 0 aliphatic heterocycles. The lowest BCUT2D eigenvalue weighted by molar-refractivity contribution is -0.368. The van der Waals surface area contributed by atoms with Crippen molar-refractivity contribution >= 4 is 12.1 Å². The molecule has 6 nitrogen and oxygen atoms in total. The Morgan fingerprint density at radius 2 is 1.63 bits per heavy atom. The maximum absolute atomic E-state index is 12.1. The smallest absolute Gasteiger partial charge is 0.407 e. The van der Waals surface area contributed by atoms with Crippen molar-refractivity contribution in [2.45, 2.75) is 31.2 Å². The number of alkyl carbamates (subject to hydrolysis) is 1. The number of ether oxygens (including phenoxy) is 1. The highest BCUT2D eigenvalue weighted by atomic mass is 16.5. The van der Waals surface area contributed by atoms with Gasteiger partial charge in [0.15, 0.2) is 0 Å². The minimum absolute atomic E-state index is 0.0595. The van der Waals surface area contributed by atoms with E-state index in [0.717, 1.165) is 35.2 Å². The molecule has 0 spiro atoms. The predicted molar refractivity (Wildman–Crippen MR) is 98.6 cm³/mol. The maximum atomic E-state index is 12.1. The van der Waals surface area contributed by atoms with Gasteiger partial charge >= 0.3 is 6.09 Å². The molecular weight excluding hydrogens is 344 g/mol. The number of quaternary nitrogens is 1. The fraction of sp³-hybridized carbons (Fsp3) is 0.333. The van der Waals surface area contributed by atoms with Gasteiger partial charge < -0.3 is 25.7 Å². The second-order valence-corrected chi connectivity index (χ2v) is 6.69. The lowest BCUT2D eigenvalue weighted by atomic mass is 9.98. The van der Waals surface area contributed by atoms with Crippen molar-refractivity contribution in [1.29, 1.82) is 0 Å². The number of unbranched alkanes of at least 4 members (excludes halogenated alkanes) is 1. The summed E-state index contributed by atoms with van der Waals surface area (Å²) in [5, 5.41) is 13.6. The molecule has 1 aliphatic carbocycles. The molecule has 4 N–H and O–H groups in total. The Labute approximate surface area is 158 Å². The first-order valence-electron chi connectivity index (χ1n) is 9.23. The summed E-state index contributed by atoms with van der Waals surface area (Å²) in [7, 11) is 0. The van der Waals surface area contributed by atoms with Gasteiger partial charge in [0.05, 0.1) is 18.6 Å². The van der Waals surface area contributed by atoms with Crippen molar-refractivity contribution < 1.29 is 25.2 Å². The third kappa shape index (κ3) is 4.28. The first-order valence-corrected chi connectivity index (χ1v) is 9.23. The second kappa shape index (κ2) is 8.68. The molecule has 0 saturated carbocycles. The fourth-order valence-electron chi connectivity index (χ4n) is 3.56. The van der Waals surface area contributed by atoms with Crippen molar-refractivity contribution in [3.05, 3.63) is 59.7 Å². The van der Waals surface area contributed by atoms with Crippen LogP contribution in [0.3, 0.4) is 0 Å². The Balaban J connectivity index is 1.64. The van der Waals surface area contributed by atoms with E-state index in [2.05, 4.69) is 23.2 Å².